The van der Waals surface area contributed by atoms with E-state index in [9.17, 15) is 13.2 Å². The van der Waals surface area contributed by atoms with Gasteiger partial charge in [-0.05, 0) is 12.1 Å². The Labute approximate surface area is 92.5 Å². The highest BCUT2D eigenvalue weighted by Crippen LogP contribution is 2.14. The summed E-state index contributed by atoms with van der Waals surface area (Å²) in [6.45, 7) is 0. The number of carbonyl (C=O) groups is 1. The maximum atomic E-state index is 11.5. The van der Waals surface area contributed by atoms with Crippen molar-refractivity contribution >= 4 is 26.8 Å². The number of para-hydroxylation sites is 1. The van der Waals surface area contributed by atoms with Crippen molar-refractivity contribution in [3.8, 4) is 0 Å². The number of benzene rings is 1. The Hall–Kier alpha value is -1.82. The number of carbonyl (C=O) groups excluding carboxylic acids is 1. The summed E-state index contributed by atoms with van der Waals surface area (Å²) in [6, 6.07) is 8.93. The van der Waals surface area contributed by atoms with Crippen LogP contribution in [0, 0.1) is 0 Å². The van der Waals surface area contributed by atoms with Crippen LogP contribution in [0.4, 0.5) is 0 Å². The first-order chi connectivity index (χ1) is 7.46. The molecule has 2 rings (SSSR count). The molecular weight excluding hydrogens is 228 g/mol. The Kier molecular flexibility index (Phi) is 2.43. The summed E-state index contributed by atoms with van der Waals surface area (Å²) in [6.07, 6.45) is 0.938. The van der Waals surface area contributed by atoms with Gasteiger partial charge in [0.15, 0.2) is 0 Å². The standard InChI is InChI=1S/C10H10N2O3S/c1-16(14,15)12-10(13)9-6-7-4-2-3-5-8(7)11-9/h2-6,11H,1H3,(H,12,13). The highest BCUT2D eigenvalue weighted by molar-refractivity contribution is 7.89. The number of sulfonamides is 1. The molecule has 0 radical (unpaired) electrons. The molecule has 0 bridgehead atoms. The Morgan fingerprint density at radius 1 is 1.31 bits per heavy atom. The molecule has 2 aromatic rings. The molecular formula is C10H10N2O3S. The predicted molar refractivity (Wildman–Crippen MR) is 60.6 cm³/mol. The maximum absolute atomic E-state index is 11.5. The molecule has 0 unspecified atom stereocenters. The van der Waals surface area contributed by atoms with Crippen molar-refractivity contribution in [2.45, 2.75) is 0 Å². The van der Waals surface area contributed by atoms with Gasteiger partial charge >= 0.3 is 0 Å². The van der Waals surface area contributed by atoms with Gasteiger partial charge in [0.1, 0.15) is 5.69 Å². The Balaban J connectivity index is 2.37. The zero-order chi connectivity index (χ0) is 11.8. The largest absolute Gasteiger partial charge is 0.351 e. The van der Waals surface area contributed by atoms with Crippen LogP contribution in [0.15, 0.2) is 30.3 Å². The van der Waals surface area contributed by atoms with E-state index in [1.165, 1.54) is 0 Å². The first kappa shape index (κ1) is 10.7. The van der Waals surface area contributed by atoms with Crippen molar-refractivity contribution < 1.29 is 13.2 Å². The second-order valence-corrected chi connectivity index (χ2v) is 5.22. The average molecular weight is 238 g/mol. The van der Waals surface area contributed by atoms with Crippen LogP contribution in [0.5, 0.6) is 0 Å². The van der Waals surface area contributed by atoms with E-state index in [2.05, 4.69) is 4.98 Å². The van der Waals surface area contributed by atoms with Crippen molar-refractivity contribution in [3.05, 3.63) is 36.0 Å². The van der Waals surface area contributed by atoms with E-state index in [4.69, 9.17) is 0 Å². The quantitative estimate of drug-likeness (QED) is 0.814. The van der Waals surface area contributed by atoms with Crippen LogP contribution in [0.2, 0.25) is 0 Å². The zero-order valence-corrected chi connectivity index (χ0v) is 9.34. The molecule has 0 saturated heterocycles. The second-order valence-electron chi connectivity index (χ2n) is 3.47. The number of hydrogen-bond acceptors (Lipinski definition) is 3. The number of hydrogen-bond donors (Lipinski definition) is 2. The molecule has 1 aromatic carbocycles. The molecule has 0 spiro atoms. The van der Waals surface area contributed by atoms with Crippen LogP contribution in [0.3, 0.4) is 0 Å². The van der Waals surface area contributed by atoms with E-state index < -0.39 is 15.9 Å². The van der Waals surface area contributed by atoms with Crippen molar-refractivity contribution in [1.29, 1.82) is 0 Å². The Morgan fingerprint density at radius 3 is 2.62 bits per heavy atom. The fourth-order valence-corrected chi connectivity index (χ4v) is 1.87. The summed E-state index contributed by atoms with van der Waals surface area (Å²) in [5, 5.41) is 0.862. The summed E-state index contributed by atoms with van der Waals surface area (Å²) in [4.78, 5) is 14.3. The number of amides is 1. The summed E-state index contributed by atoms with van der Waals surface area (Å²) in [7, 11) is -3.53. The summed E-state index contributed by atoms with van der Waals surface area (Å²) < 4.78 is 23.7. The van der Waals surface area contributed by atoms with E-state index >= 15 is 0 Å². The predicted octanol–water partition coefficient (Wildman–Crippen LogP) is 0.857. The van der Waals surface area contributed by atoms with Gasteiger partial charge in [0.05, 0.1) is 6.26 Å². The van der Waals surface area contributed by atoms with Crippen LogP contribution in [-0.2, 0) is 10.0 Å². The van der Waals surface area contributed by atoms with Crippen LogP contribution in [0.1, 0.15) is 10.5 Å². The summed E-state index contributed by atoms with van der Waals surface area (Å²) in [5.74, 6) is -0.654. The zero-order valence-electron chi connectivity index (χ0n) is 8.52. The third-order valence-electron chi connectivity index (χ3n) is 2.05. The molecule has 16 heavy (non-hydrogen) atoms. The lowest BCUT2D eigenvalue weighted by Gasteiger charge is -1.98. The van der Waals surface area contributed by atoms with Crippen molar-refractivity contribution in [2.24, 2.45) is 0 Å². The second kappa shape index (κ2) is 3.64. The lowest BCUT2D eigenvalue weighted by atomic mass is 10.2. The van der Waals surface area contributed by atoms with E-state index in [0.717, 1.165) is 17.2 Å². The summed E-state index contributed by atoms with van der Waals surface area (Å²) >= 11 is 0. The molecule has 0 atom stereocenters. The Morgan fingerprint density at radius 2 is 2.00 bits per heavy atom. The molecule has 84 valence electrons. The number of aromatic nitrogens is 1. The van der Waals surface area contributed by atoms with E-state index in [1.54, 1.807) is 6.07 Å². The van der Waals surface area contributed by atoms with E-state index in [0.29, 0.717) is 0 Å². The molecule has 1 amide bonds. The first-order valence-electron chi connectivity index (χ1n) is 4.55. The van der Waals surface area contributed by atoms with Gasteiger partial charge in [0.25, 0.3) is 5.91 Å². The molecule has 2 N–H and O–H groups in total. The molecule has 1 heterocycles. The van der Waals surface area contributed by atoms with Crippen LogP contribution in [0.25, 0.3) is 10.9 Å². The van der Waals surface area contributed by atoms with Crippen LogP contribution >= 0.6 is 0 Å². The SMILES string of the molecule is CS(=O)(=O)NC(=O)c1cc2ccccc2[nH]1. The molecule has 0 fully saturated rings. The minimum absolute atomic E-state index is 0.228. The number of rotatable bonds is 2. The van der Waals surface area contributed by atoms with Gasteiger partial charge in [-0.25, -0.2) is 13.1 Å². The highest BCUT2D eigenvalue weighted by Gasteiger charge is 2.13. The van der Waals surface area contributed by atoms with E-state index in [1.807, 2.05) is 29.0 Å². The number of fused-ring (bicyclic) bond motifs is 1. The molecule has 1 aromatic heterocycles. The molecule has 0 aliphatic heterocycles. The van der Waals surface area contributed by atoms with Gasteiger partial charge in [-0.15, -0.1) is 0 Å². The molecule has 6 heteroatoms. The fourth-order valence-electron chi connectivity index (χ4n) is 1.42. The van der Waals surface area contributed by atoms with Gasteiger partial charge in [0, 0.05) is 10.9 Å². The normalized spacial score (nSPS) is 11.6. The minimum Gasteiger partial charge on any atom is -0.351 e. The van der Waals surface area contributed by atoms with Gasteiger partial charge < -0.3 is 4.98 Å². The van der Waals surface area contributed by atoms with E-state index in [-0.39, 0.29) is 5.69 Å². The number of nitrogens with one attached hydrogen (secondary N) is 2. The molecule has 5 nitrogen and oxygen atoms in total. The molecule has 0 aliphatic carbocycles. The molecule has 0 saturated carbocycles. The lowest BCUT2D eigenvalue weighted by Crippen LogP contribution is -2.29. The van der Waals surface area contributed by atoms with Crippen molar-refractivity contribution in [2.75, 3.05) is 6.26 Å². The number of aromatic amines is 1. The Bertz CT molecular complexity index is 610. The highest BCUT2D eigenvalue weighted by atomic mass is 32.2. The smallest absolute Gasteiger partial charge is 0.281 e. The van der Waals surface area contributed by atoms with Gasteiger partial charge in [-0.3, -0.25) is 4.79 Å². The van der Waals surface area contributed by atoms with Gasteiger partial charge in [-0.1, -0.05) is 18.2 Å². The average Bonchev–Trinajstić information content (AvgIpc) is 2.58. The third kappa shape index (κ3) is 2.22. The maximum Gasteiger partial charge on any atom is 0.281 e. The van der Waals surface area contributed by atoms with Crippen LogP contribution < -0.4 is 4.72 Å². The van der Waals surface area contributed by atoms with Crippen molar-refractivity contribution in [3.63, 3.8) is 0 Å². The van der Waals surface area contributed by atoms with Gasteiger partial charge in [-0.2, -0.15) is 0 Å². The molecule has 0 aliphatic rings. The third-order valence-corrected chi connectivity index (χ3v) is 2.61. The monoisotopic (exact) mass is 238 g/mol. The van der Waals surface area contributed by atoms with Crippen molar-refractivity contribution in [1.82, 2.24) is 9.71 Å². The topological polar surface area (TPSA) is 79.0 Å². The van der Waals surface area contributed by atoms with Gasteiger partial charge in [0.2, 0.25) is 10.0 Å². The summed E-state index contributed by atoms with van der Waals surface area (Å²) in [5.41, 5.74) is 1.02. The lowest BCUT2D eigenvalue weighted by molar-refractivity contribution is 0.0977. The fraction of sp³-hybridized carbons (Fsp3) is 0.100. The minimum atomic E-state index is -3.53. The first-order valence-corrected chi connectivity index (χ1v) is 6.45. The van der Waals surface area contributed by atoms with Crippen LogP contribution in [-0.4, -0.2) is 25.6 Å². The number of H-pyrrole nitrogens is 1.